The van der Waals surface area contributed by atoms with Gasteiger partial charge in [-0.05, 0) is 49.4 Å². The largest absolute Gasteiger partial charge is 0.416 e. The summed E-state index contributed by atoms with van der Waals surface area (Å²) in [4.78, 5) is 11.6. The molecule has 27 heavy (non-hydrogen) atoms. The standard InChI is InChI=1S/C17H15ClF3NO4S/c1-16(24,15(23)22-13-7-5-12(18)6-8-13)10-27(25,26)14-4-2-3-11(9-14)17(19,20)21/h2-9,24H,10H2,1H3,(H,22,23)/t16-/m0/s1. The monoisotopic (exact) mass is 421 g/mol. The molecule has 0 fully saturated rings. The summed E-state index contributed by atoms with van der Waals surface area (Å²) in [7, 11) is -4.38. The molecule has 0 spiro atoms. The molecule has 0 aliphatic carbocycles. The van der Waals surface area contributed by atoms with E-state index in [2.05, 4.69) is 5.32 Å². The van der Waals surface area contributed by atoms with Gasteiger partial charge >= 0.3 is 6.18 Å². The number of aliphatic hydroxyl groups is 1. The second kappa shape index (κ2) is 7.49. The van der Waals surface area contributed by atoms with Crippen LogP contribution in [0.2, 0.25) is 5.02 Å². The predicted molar refractivity (Wildman–Crippen MR) is 94.2 cm³/mol. The number of carbonyl (C=O) groups is 1. The molecule has 0 aliphatic heterocycles. The molecule has 10 heteroatoms. The number of amides is 1. The van der Waals surface area contributed by atoms with Gasteiger partial charge in [0.1, 0.15) is 0 Å². The lowest BCUT2D eigenvalue weighted by Gasteiger charge is -2.22. The molecule has 0 radical (unpaired) electrons. The Hall–Kier alpha value is -2.10. The van der Waals surface area contributed by atoms with Crippen molar-refractivity contribution in [2.24, 2.45) is 0 Å². The Morgan fingerprint density at radius 2 is 1.74 bits per heavy atom. The van der Waals surface area contributed by atoms with Crippen molar-refractivity contribution in [3.8, 4) is 0 Å². The van der Waals surface area contributed by atoms with E-state index in [-0.39, 0.29) is 5.69 Å². The molecule has 0 saturated carbocycles. The summed E-state index contributed by atoms with van der Waals surface area (Å²) in [5.41, 5.74) is -3.26. The SMILES string of the molecule is C[C@](O)(CS(=O)(=O)c1cccc(C(F)(F)F)c1)C(=O)Nc1ccc(Cl)cc1. The van der Waals surface area contributed by atoms with E-state index in [1.54, 1.807) is 0 Å². The van der Waals surface area contributed by atoms with Crippen LogP contribution in [0.3, 0.4) is 0 Å². The first-order chi connectivity index (χ1) is 12.3. The van der Waals surface area contributed by atoms with E-state index in [0.29, 0.717) is 11.1 Å². The summed E-state index contributed by atoms with van der Waals surface area (Å²) >= 11 is 5.72. The molecule has 2 rings (SSSR count). The molecular weight excluding hydrogens is 407 g/mol. The van der Waals surface area contributed by atoms with Crippen molar-refractivity contribution in [1.82, 2.24) is 0 Å². The van der Waals surface area contributed by atoms with Gasteiger partial charge in [-0.25, -0.2) is 8.42 Å². The Morgan fingerprint density at radius 1 is 1.15 bits per heavy atom. The highest BCUT2D eigenvalue weighted by atomic mass is 35.5. The van der Waals surface area contributed by atoms with Crippen molar-refractivity contribution in [2.75, 3.05) is 11.1 Å². The van der Waals surface area contributed by atoms with E-state index in [9.17, 15) is 31.5 Å². The molecule has 0 aromatic heterocycles. The summed E-state index contributed by atoms with van der Waals surface area (Å²) in [5.74, 6) is -2.12. The van der Waals surface area contributed by atoms with Gasteiger partial charge < -0.3 is 10.4 Å². The minimum Gasteiger partial charge on any atom is -0.379 e. The quantitative estimate of drug-likeness (QED) is 0.773. The summed E-state index contributed by atoms with van der Waals surface area (Å²) in [6, 6.07) is 8.94. The summed E-state index contributed by atoms with van der Waals surface area (Å²) in [5, 5.41) is 13.0. The molecule has 2 aromatic rings. The van der Waals surface area contributed by atoms with E-state index in [0.717, 1.165) is 25.1 Å². The highest BCUT2D eigenvalue weighted by Gasteiger charge is 2.38. The number of anilines is 1. The van der Waals surface area contributed by atoms with Crippen LogP contribution < -0.4 is 5.32 Å². The van der Waals surface area contributed by atoms with Gasteiger partial charge in [0.25, 0.3) is 5.91 Å². The van der Waals surface area contributed by atoms with E-state index >= 15 is 0 Å². The Labute approximate surface area is 158 Å². The number of hydrogen-bond acceptors (Lipinski definition) is 4. The van der Waals surface area contributed by atoms with E-state index in [1.807, 2.05) is 0 Å². The summed E-state index contributed by atoms with van der Waals surface area (Å²) in [6.07, 6.45) is -4.72. The van der Waals surface area contributed by atoms with E-state index in [4.69, 9.17) is 11.6 Å². The van der Waals surface area contributed by atoms with Gasteiger partial charge in [0.15, 0.2) is 15.4 Å². The smallest absolute Gasteiger partial charge is 0.379 e. The van der Waals surface area contributed by atoms with Crippen LogP contribution in [0.5, 0.6) is 0 Å². The number of halogens is 4. The Morgan fingerprint density at radius 3 is 2.30 bits per heavy atom. The zero-order chi connectivity index (χ0) is 20.5. The third kappa shape index (κ3) is 5.44. The second-order valence-electron chi connectivity index (χ2n) is 6.02. The van der Waals surface area contributed by atoms with Gasteiger partial charge in [-0.2, -0.15) is 13.2 Å². The highest BCUT2D eigenvalue weighted by Crippen LogP contribution is 2.31. The number of carbonyl (C=O) groups excluding carboxylic acids is 1. The molecule has 1 amide bonds. The van der Waals surface area contributed by atoms with Gasteiger partial charge in [-0.15, -0.1) is 0 Å². The third-order valence-electron chi connectivity index (χ3n) is 3.58. The van der Waals surface area contributed by atoms with Crippen LogP contribution in [0.4, 0.5) is 18.9 Å². The molecule has 146 valence electrons. The number of benzene rings is 2. The molecule has 0 saturated heterocycles. The first-order valence-electron chi connectivity index (χ1n) is 7.51. The van der Waals surface area contributed by atoms with Crippen LogP contribution >= 0.6 is 11.6 Å². The molecule has 0 unspecified atom stereocenters. The minimum atomic E-state index is -4.72. The summed E-state index contributed by atoms with van der Waals surface area (Å²) in [6.45, 7) is 0.962. The number of alkyl halides is 3. The Bertz CT molecular complexity index is 941. The van der Waals surface area contributed by atoms with Gasteiger partial charge in [-0.3, -0.25) is 4.79 Å². The Balaban J connectivity index is 2.22. The van der Waals surface area contributed by atoms with Gasteiger partial charge in [0.2, 0.25) is 0 Å². The molecular formula is C17H15ClF3NO4S. The second-order valence-corrected chi connectivity index (χ2v) is 8.45. The molecule has 2 aromatic carbocycles. The van der Waals surface area contributed by atoms with Crippen LogP contribution in [-0.2, 0) is 20.8 Å². The number of hydrogen-bond donors (Lipinski definition) is 2. The lowest BCUT2D eigenvalue weighted by Crippen LogP contribution is -2.45. The van der Waals surface area contributed by atoms with Crippen LogP contribution in [0, 0.1) is 0 Å². The lowest BCUT2D eigenvalue weighted by atomic mass is 10.1. The lowest BCUT2D eigenvalue weighted by molar-refractivity contribution is -0.137. The fourth-order valence-electron chi connectivity index (χ4n) is 2.18. The van der Waals surface area contributed by atoms with Gasteiger partial charge in [0, 0.05) is 10.7 Å². The van der Waals surface area contributed by atoms with Crippen molar-refractivity contribution >= 4 is 33.0 Å². The molecule has 0 bridgehead atoms. The van der Waals surface area contributed by atoms with Crippen molar-refractivity contribution in [3.05, 3.63) is 59.1 Å². The topological polar surface area (TPSA) is 83.5 Å². The van der Waals surface area contributed by atoms with Gasteiger partial charge in [0.05, 0.1) is 16.2 Å². The van der Waals surface area contributed by atoms with Crippen molar-refractivity contribution in [2.45, 2.75) is 23.6 Å². The normalized spacial score (nSPS) is 14.4. The number of sulfone groups is 1. The van der Waals surface area contributed by atoms with Crippen LogP contribution in [0.25, 0.3) is 0 Å². The highest BCUT2D eigenvalue weighted by molar-refractivity contribution is 7.91. The van der Waals surface area contributed by atoms with Crippen molar-refractivity contribution < 1.29 is 31.5 Å². The molecule has 0 aliphatic rings. The number of rotatable bonds is 5. The maximum atomic E-state index is 12.8. The summed E-state index contributed by atoms with van der Waals surface area (Å²) < 4.78 is 63.1. The van der Waals surface area contributed by atoms with Crippen LogP contribution in [0.1, 0.15) is 12.5 Å². The zero-order valence-corrected chi connectivity index (χ0v) is 15.5. The van der Waals surface area contributed by atoms with Crippen LogP contribution in [-0.4, -0.2) is 30.8 Å². The first kappa shape index (κ1) is 21.2. The van der Waals surface area contributed by atoms with Gasteiger partial charge in [-0.1, -0.05) is 17.7 Å². The molecule has 5 nitrogen and oxygen atoms in total. The van der Waals surface area contributed by atoms with Crippen molar-refractivity contribution in [3.63, 3.8) is 0 Å². The molecule has 0 heterocycles. The average molecular weight is 422 g/mol. The fraction of sp³-hybridized carbons (Fsp3) is 0.235. The first-order valence-corrected chi connectivity index (χ1v) is 9.54. The zero-order valence-electron chi connectivity index (χ0n) is 13.9. The molecule has 2 N–H and O–H groups in total. The number of nitrogens with one attached hydrogen (secondary N) is 1. The average Bonchev–Trinajstić information content (AvgIpc) is 2.55. The molecule has 1 atom stereocenters. The fourth-order valence-corrected chi connectivity index (χ4v) is 3.94. The predicted octanol–water partition coefficient (Wildman–Crippen LogP) is 3.52. The van der Waals surface area contributed by atoms with E-state index < -0.39 is 43.7 Å². The Kier molecular flexibility index (Phi) is 5.88. The third-order valence-corrected chi connectivity index (χ3v) is 5.75. The van der Waals surface area contributed by atoms with E-state index in [1.165, 1.54) is 24.3 Å². The minimum absolute atomic E-state index is 0.265. The maximum Gasteiger partial charge on any atom is 0.416 e. The van der Waals surface area contributed by atoms with Crippen molar-refractivity contribution in [1.29, 1.82) is 0 Å². The maximum absolute atomic E-state index is 12.8. The van der Waals surface area contributed by atoms with Crippen LogP contribution in [0.15, 0.2) is 53.4 Å².